The Balaban J connectivity index is 2.84. The van der Waals surface area contributed by atoms with Crippen molar-refractivity contribution in [2.24, 2.45) is 5.92 Å². The van der Waals surface area contributed by atoms with Crippen molar-refractivity contribution in [2.75, 3.05) is 29.6 Å². The fourth-order valence-electron chi connectivity index (χ4n) is 1.67. The minimum absolute atomic E-state index is 0.131. The highest BCUT2D eigenvalue weighted by molar-refractivity contribution is 7.98. The zero-order valence-corrected chi connectivity index (χ0v) is 12.8. The van der Waals surface area contributed by atoms with Gasteiger partial charge in [0, 0.05) is 6.54 Å². The molecule has 0 spiro atoms. The van der Waals surface area contributed by atoms with Crippen molar-refractivity contribution in [3.63, 3.8) is 0 Å². The molecule has 1 atom stereocenters. The van der Waals surface area contributed by atoms with Crippen molar-refractivity contribution >= 4 is 27.3 Å². The van der Waals surface area contributed by atoms with Crippen LogP contribution in [-0.4, -0.2) is 32.7 Å². The normalized spacial score (nSPS) is 13.3. The number of anilines is 1. The van der Waals surface area contributed by atoms with E-state index in [1.54, 1.807) is 30.8 Å². The summed E-state index contributed by atoms with van der Waals surface area (Å²) in [6.07, 6.45) is 2.08. The van der Waals surface area contributed by atoms with Crippen LogP contribution in [0.2, 0.25) is 0 Å². The first-order valence-electron chi connectivity index (χ1n) is 6.05. The molecule has 0 saturated heterocycles. The first kappa shape index (κ1) is 15.4. The van der Waals surface area contributed by atoms with E-state index in [2.05, 4.69) is 18.5 Å². The minimum atomic E-state index is -3.16. The Bertz CT molecular complexity index is 472. The quantitative estimate of drug-likeness (QED) is 0.837. The van der Waals surface area contributed by atoms with Gasteiger partial charge in [0.05, 0.1) is 16.3 Å². The van der Waals surface area contributed by atoms with E-state index < -0.39 is 9.84 Å². The summed E-state index contributed by atoms with van der Waals surface area (Å²) < 4.78 is 23.9. The van der Waals surface area contributed by atoms with Crippen LogP contribution in [0.5, 0.6) is 0 Å². The summed E-state index contributed by atoms with van der Waals surface area (Å²) in [7, 11) is -3.16. The lowest BCUT2D eigenvalue weighted by Crippen LogP contribution is -2.15. The van der Waals surface area contributed by atoms with Gasteiger partial charge in [-0.2, -0.15) is 11.8 Å². The standard InChI is InChI=1S/C13H21NO2S2/c1-4-18(15,16)13-8-6-5-7-12(13)14-9-11(2)10-17-3/h5-8,11,14H,4,9-10H2,1-3H3. The van der Waals surface area contributed by atoms with E-state index in [0.717, 1.165) is 12.3 Å². The van der Waals surface area contributed by atoms with Crippen molar-refractivity contribution in [1.29, 1.82) is 0 Å². The van der Waals surface area contributed by atoms with Crippen molar-refractivity contribution in [3.05, 3.63) is 24.3 Å². The van der Waals surface area contributed by atoms with E-state index in [1.165, 1.54) is 0 Å². The minimum Gasteiger partial charge on any atom is -0.384 e. The molecular formula is C13H21NO2S2. The lowest BCUT2D eigenvalue weighted by molar-refractivity contribution is 0.597. The molecule has 0 bridgehead atoms. The third kappa shape index (κ3) is 4.21. The van der Waals surface area contributed by atoms with E-state index in [1.807, 2.05) is 12.1 Å². The summed E-state index contributed by atoms with van der Waals surface area (Å²) >= 11 is 1.80. The van der Waals surface area contributed by atoms with Gasteiger partial charge in [0.1, 0.15) is 0 Å². The number of hydrogen-bond acceptors (Lipinski definition) is 4. The van der Waals surface area contributed by atoms with Crippen molar-refractivity contribution in [3.8, 4) is 0 Å². The number of benzene rings is 1. The maximum Gasteiger partial charge on any atom is 0.180 e. The zero-order valence-electron chi connectivity index (χ0n) is 11.1. The lowest BCUT2D eigenvalue weighted by Gasteiger charge is -2.15. The fourth-order valence-corrected chi connectivity index (χ4v) is 3.43. The van der Waals surface area contributed by atoms with Gasteiger partial charge < -0.3 is 5.32 Å². The summed E-state index contributed by atoms with van der Waals surface area (Å²) in [5, 5.41) is 3.25. The van der Waals surface area contributed by atoms with Crippen LogP contribution in [0.15, 0.2) is 29.2 Å². The number of rotatable bonds is 7. The average molecular weight is 287 g/mol. The molecule has 18 heavy (non-hydrogen) atoms. The molecule has 1 N–H and O–H groups in total. The summed E-state index contributed by atoms with van der Waals surface area (Å²) in [4.78, 5) is 0.406. The predicted molar refractivity (Wildman–Crippen MR) is 80.2 cm³/mol. The molecule has 5 heteroatoms. The smallest absolute Gasteiger partial charge is 0.180 e. The van der Waals surface area contributed by atoms with Crippen LogP contribution in [0.4, 0.5) is 5.69 Å². The largest absolute Gasteiger partial charge is 0.384 e. The highest BCUT2D eigenvalue weighted by atomic mass is 32.2. The molecule has 0 aromatic heterocycles. The third-order valence-corrected chi connectivity index (χ3v) is 5.38. The van der Waals surface area contributed by atoms with E-state index >= 15 is 0 Å². The molecule has 0 radical (unpaired) electrons. The van der Waals surface area contributed by atoms with Crippen LogP contribution < -0.4 is 5.32 Å². The van der Waals surface area contributed by atoms with E-state index in [9.17, 15) is 8.42 Å². The van der Waals surface area contributed by atoms with Crippen LogP contribution in [0.1, 0.15) is 13.8 Å². The lowest BCUT2D eigenvalue weighted by atomic mass is 10.2. The molecule has 0 saturated carbocycles. The van der Waals surface area contributed by atoms with Crippen LogP contribution >= 0.6 is 11.8 Å². The van der Waals surface area contributed by atoms with E-state index in [0.29, 0.717) is 16.5 Å². The van der Waals surface area contributed by atoms with Gasteiger partial charge in [0.25, 0.3) is 0 Å². The van der Waals surface area contributed by atoms with Gasteiger partial charge >= 0.3 is 0 Å². The molecule has 0 aliphatic carbocycles. The Morgan fingerprint density at radius 3 is 2.61 bits per heavy atom. The van der Waals surface area contributed by atoms with E-state index in [4.69, 9.17) is 0 Å². The van der Waals surface area contributed by atoms with Gasteiger partial charge in [-0.3, -0.25) is 0 Å². The molecule has 0 fully saturated rings. The van der Waals surface area contributed by atoms with Crippen molar-refractivity contribution in [1.82, 2.24) is 0 Å². The molecule has 1 rings (SSSR count). The molecule has 1 aromatic carbocycles. The molecule has 3 nitrogen and oxygen atoms in total. The predicted octanol–water partition coefficient (Wildman–Crippen LogP) is 2.89. The van der Waals surface area contributed by atoms with Gasteiger partial charge in [-0.1, -0.05) is 26.0 Å². The van der Waals surface area contributed by atoms with Crippen LogP contribution in [0, 0.1) is 5.92 Å². The molecule has 0 amide bonds. The Morgan fingerprint density at radius 2 is 2.00 bits per heavy atom. The first-order valence-corrected chi connectivity index (χ1v) is 9.10. The highest BCUT2D eigenvalue weighted by Crippen LogP contribution is 2.22. The monoisotopic (exact) mass is 287 g/mol. The van der Waals surface area contributed by atoms with E-state index in [-0.39, 0.29) is 5.75 Å². The molecule has 1 unspecified atom stereocenters. The van der Waals surface area contributed by atoms with Gasteiger partial charge in [-0.05, 0) is 30.1 Å². The molecule has 0 heterocycles. The van der Waals surface area contributed by atoms with Gasteiger partial charge in [-0.15, -0.1) is 0 Å². The van der Waals surface area contributed by atoms with Gasteiger partial charge in [0.2, 0.25) is 0 Å². The fraction of sp³-hybridized carbons (Fsp3) is 0.538. The van der Waals surface area contributed by atoms with Gasteiger partial charge in [0.15, 0.2) is 9.84 Å². The highest BCUT2D eigenvalue weighted by Gasteiger charge is 2.16. The summed E-state index contributed by atoms with van der Waals surface area (Å²) in [6.45, 7) is 4.61. The number of hydrogen-bond donors (Lipinski definition) is 1. The summed E-state index contributed by atoms with van der Waals surface area (Å²) in [5.74, 6) is 1.71. The second-order valence-corrected chi connectivity index (χ2v) is 7.50. The number of sulfone groups is 1. The summed E-state index contributed by atoms with van der Waals surface area (Å²) in [5.41, 5.74) is 0.715. The van der Waals surface area contributed by atoms with Gasteiger partial charge in [-0.25, -0.2) is 8.42 Å². The molecule has 102 valence electrons. The van der Waals surface area contributed by atoms with Crippen LogP contribution in [-0.2, 0) is 9.84 Å². The molecule has 0 aliphatic heterocycles. The second-order valence-electron chi connectivity index (χ2n) is 4.34. The molecule has 1 aromatic rings. The summed E-state index contributed by atoms with van der Waals surface area (Å²) in [6, 6.07) is 7.12. The number of nitrogens with one attached hydrogen (secondary N) is 1. The van der Waals surface area contributed by atoms with Crippen molar-refractivity contribution in [2.45, 2.75) is 18.7 Å². The van der Waals surface area contributed by atoms with Crippen LogP contribution in [0.3, 0.4) is 0 Å². The topological polar surface area (TPSA) is 46.2 Å². The SMILES string of the molecule is CCS(=O)(=O)c1ccccc1NCC(C)CSC. The first-order chi connectivity index (χ1) is 8.51. The van der Waals surface area contributed by atoms with Crippen LogP contribution in [0.25, 0.3) is 0 Å². The Hall–Kier alpha value is -0.680. The number of para-hydroxylation sites is 1. The average Bonchev–Trinajstić information content (AvgIpc) is 2.37. The van der Waals surface area contributed by atoms with Crippen molar-refractivity contribution < 1.29 is 8.42 Å². The Labute approximate surface area is 114 Å². The Morgan fingerprint density at radius 1 is 1.33 bits per heavy atom. The third-order valence-electron chi connectivity index (χ3n) is 2.69. The maximum atomic E-state index is 11.9. The zero-order chi connectivity index (χ0) is 13.6. The molecule has 0 aliphatic rings. The second kappa shape index (κ2) is 7.04. The molecular weight excluding hydrogens is 266 g/mol. The maximum absolute atomic E-state index is 11.9. The Kier molecular flexibility index (Phi) is 6.02. The number of thioether (sulfide) groups is 1.